The van der Waals surface area contributed by atoms with E-state index >= 15 is 0 Å². The van der Waals surface area contributed by atoms with E-state index in [2.05, 4.69) is 4.90 Å². The predicted molar refractivity (Wildman–Crippen MR) is 48.5 cm³/mol. The van der Waals surface area contributed by atoms with Crippen LogP contribution in [0.3, 0.4) is 0 Å². The summed E-state index contributed by atoms with van der Waals surface area (Å²) in [5, 5.41) is 10.7. The number of thiocarbonyl (C=S) groups is 1. The van der Waals surface area contributed by atoms with Crippen LogP contribution in [0, 0.1) is 11.8 Å². The van der Waals surface area contributed by atoms with E-state index in [9.17, 15) is 5.11 Å². The van der Waals surface area contributed by atoms with Gasteiger partial charge in [-0.15, -0.1) is 0 Å². The van der Waals surface area contributed by atoms with Crippen molar-refractivity contribution in [1.29, 1.82) is 0 Å². The lowest BCUT2D eigenvalue weighted by molar-refractivity contribution is 0.0475. The molecule has 3 nitrogen and oxygen atoms in total. The highest BCUT2D eigenvalue weighted by Gasteiger charge is 2.60. The second kappa shape index (κ2) is 1.93. The zero-order chi connectivity index (χ0) is 8.46. The first-order valence-corrected chi connectivity index (χ1v) is 4.82. The number of aliphatic hydroxyl groups excluding tert-OH is 1. The summed E-state index contributed by atoms with van der Waals surface area (Å²) in [5.74, 6) is 1.55. The standard InChI is InChI=1S/C8H12N2OS/c1-9-7(11)6-5-2-4(5)3-10(6)8(9)12/h4-7,11H,2-3H2,1H3. The normalized spacial score (nSPS) is 49.7. The Labute approximate surface area is 76.9 Å². The molecule has 2 aliphatic heterocycles. The molecule has 1 saturated carbocycles. The number of rotatable bonds is 0. The Morgan fingerprint density at radius 2 is 2.33 bits per heavy atom. The van der Waals surface area contributed by atoms with Crippen LogP contribution in [-0.4, -0.2) is 45.9 Å². The van der Waals surface area contributed by atoms with Crippen molar-refractivity contribution in [3.8, 4) is 0 Å². The topological polar surface area (TPSA) is 26.7 Å². The van der Waals surface area contributed by atoms with Gasteiger partial charge in [-0.2, -0.15) is 0 Å². The molecule has 0 amide bonds. The fraction of sp³-hybridized carbons (Fsp3) is 0.875. The molecule has 3 rings (SSSR count). The minimum atomic E-state index is -0.352. The first-order chi connectivity index (χ1) is 5.70. The van der Waals surface area contributed by atoms with E-state index in [1.807, 2.05) is 11.9 Å². The number of hydrogen-bond donors (Lipinski definition) is 1. The van der Waals surface area contributed by atoms with E-state index in [-0.39, 0.29) is 6.23 Å². The molecule has 0 bridgehead atoms. The summed E-state index contributed by atoms with van der Waals surface area (Å²) in [5.41, 5.74) is 0. The van der Waals surface area contributed by atoms with E-state index in [4.69, 9.17) is 12.2 Å². The average Bonchev–Trinajstić information content (AvgIpc) is 2.68. The fourth-order valence-electron chi connectivity index (χ4n) is 2.64. The summed E-state index contributed by atoms with van der Waals surface area (Å²) in [6.45, 7) is 1.08. The smallest absolute Gasteiger partial charge is 0.173 e. The first-order valence-electron chi connectivity index (χ1n) is 4.41. The summed E-state index contributed by atoms with van der Waals surface area (Å²) in [4.78, 5) is 4.01. The van der Waals surface area contributed by atoms with Crippen molar-refractivity contribution in [2.24, 2.45) is 11.8 Å². The van der Waals surface area contributed by atoms with Crippen LogP contribution in [0.15, 0.2) is 0 Å². The lowest BCUT2D eigenvalue weighted by Gasteiger charge is -2.19. The average molecular weight is 184 g/mol. The van der Waals surface area contributed by atoms with Gasteiger partial charge in [-0.25, -0.2) is 0 Å². The number of fused-ring (bicyclic) bond motifs is 3. The van der Waals surface area contributed by atoms with Crippen molar-refractivity contribution >= 4 is 17.3 Å². The van der Waals surface area contributed by atoms with Crippen molar-refractivity contribution in [2.45, 2.75) is 18.7 Å². The molecule has 3 fully saturated rings. The summed E-state index contributed by atoms with van der Waals surface area (Å²) in [7, 11) is 1.88. The molecule has 2 saturated heterocycles. The van der Waals surface area contributed by atoms with Gasteiger partial charge in [0.05, 0.1) is 6.04 Å². The lowest BCUT2D eigenvalue weighted by atomic mass is 10.2. The van der Waals surface area contributed by atoms with Gasteiger partial charge in [0.25, 0.3) is 0 Å². The maximum atomic E-state index is 9.83. The van der Waals surface area contributed by atoms with Crippen molar-refractivity contribution in [2.75, 3.05) is 13.6 Å². The minimum Gasteiger partial charge on any atom is -0.371 e. The lowest BCUT2D eigenvalue weighted by Crippen LogP contribution is -2.35. The third-order valence-corrected chi connectivity index (χ3v) is 3.98. The predicted octanol–water partition coefficient (Wildman–Crippen LogP) is -0.145. The SMILES string of the molecule is CN1C(=S)N2CC3CC3C2C1O. The van der Waals surface area contributed by atoms with E-state index in [0.717, 1.165) is 23.5 Å². The van der Waals surface area contributed by atoms with Gasteiger partial charge in [0.2, 0.25) is 0 Å². The number of nitrogens with zero attached hydrogens (tertiary/aromatic N) is 2. The summed E-state index contributed by atoms with van der Waals surface area (Å²) in [6.07, 6.45) is 0.948. The van der Waals surface area contributed by atoms with Gasteiger partial charge in [0, 0.05) is 13.6 Å². The molecular weight excluding hydrogens is 172 g/mol. The van der Waals surface area contributed by atoms with Gasteiger partial charge in [-0.05, 0) is 30.5 Å². The quantitative estimate of drug-likeness (QED) is 0.530. The molecule has 2 heterocycles. The molecule has 4 atom stereocenters. The molecule has 0 aromatic heterocycles. The van der Waals surface area contributed by atoms with Gasteiger partial charge in [-0.3, -0.25) is 0 Å². The number of aliphatic hydroxyl groups is 1. The Hall–Kier alpha value is -0.350. The second-order valence-corrected chi connectivity index (χ2v) is 4.47. The van der Waals surface area contributed by atoms with Crippen LogP contribution in [0.4, 0.5) is 0 Å². The van der Waals surface area contributed by atoms with E-state index in [0.29, 0.717) is 6.04 Å². The van der Waals surface area contributed by atoms with Gasteiger partial charge >= 0.3 is 0 Å². The summed E-state index contributed by atoms with van der Waals surface area (Å²) in [6, 6.07) is 0.312. The molecule has 4 heteroatoms. The van der Waals surface area contributed by atoms with Gasteiger partial charge < -0.3 is 14.9 Å². The number of piperidine rings is 1. The van der Waals surface area contributed by atoms with E-state index < -0.39 is 0 Å². The maximum Gasteiger partial charge on any atom is 0.173 e. The Morgan fingerprint density at radius 3 is 3.00 bits per heavy atom. The zero-order valence-corrected chi connectivity index (χ0v) is 7.79. The molecule has 0 spiro atoms. The highest BCUT2D eigenvalue weighted by atomic mass is 32.1. The van der Waals surface area contributed by atoms with Gasteiger partial charge in [0.1, 0.15) is 6.23 Å². The molecule has 3 aliphatic rings. The fourth-order valence-corrected chi connectivity index (χ4v) is 2.94. The maximum absolute atomic E-state index is 9.83. The van der Waals surface area contributed by atoms with Crippen molar-refractivity contribution in [3.05, 3.63) is 0 Å². The Bertz CT molecular complexity index is 257. The Kier molecular flexibility index (Phi) is 1.14. The molecule has 12 heavy (non-hydrogen) atoms. The highest BCUT2D eigenvalue weighted by molar-refractivity contribution is 7.80. The van der Waals surface area contributed by atoms with Crippen LogP contribution >= 0.6 is 12.2 Å². The van der Waals surface area contributed by atoms with Crippen molar-refractivity contribution < 1.29 is 5.11 Å². The largest absolute Gasteiger partial charge is 0.371 e. The molecule has 4 unspecified atom stereocenters. The van der Waals surface area contributed by atoms with Crippen LogP contribution in [0.1, 0.15) is 6.42 Å². The number of hydrogen-bond acceptors (Lipinski definition) is 2. The number of likely N-dealkylation sites (N-methyl/N-ethyl adjacent to an activating group) is 1. The second-order valence-electron chi connectivity index (χ2n) is 4.11. The molecule has 0 aromatic rings. The summed E-state index contributed by atoms with van der Waals surface area (Å²) < 4.78 is 0. The summed E-state index contributed by atoms with van der Waals surface area (Å²) >= 11 is 5.22. The minimum absolute atomic E-state index is 0.312. The van der Waals surface area contributed by atoms with Gasteiger partial charge in [-0.1, -0.05) is 0 Å². The van der Waals surface area contributed by atoms with Crippen LogP contribution in [-0.2, 0) is 0 Å². The van der Waals surface area contributed by atoms with Crippen LogP contribution in [0.25, 0.3) is 0 Å². The molecule has 66 valence electrons. The van der Waals surface area contributed by atoms with Crippen molar-refractivity contribution in [3.63, 3.8) is 0 Å². The van der Waals surface area contributed by atoms with Crippen LogP contribution in [0.5, 0.6) is 0 Å². The third kappa shape index (κ3) is 0.638. The first kappa shape index (κ1) is 7.09. The Balaban J connectivity index is 1.95. The molecule has 1 N–H and O–H groups in total. The molecular formula is C8H12N2OS. The van der Waals surface area contributed by atoms with Crippen LogP contribution < -0.4 is 0 Å². The third-order valence-electron chi connectivity index (χ3n) is 3.46. The van der Waals surface area contributed by atoms with Crippen molar-refractivity contribution in [1.82, 2.24) is 9.80 Å². The van der Waals surface area contributed by atoms with Crippen LogP contribution in [0.2, 0.25) is 0 Å². The molecule has 0 radical (unpaired) electrons. The van der Waals surface area contributed by atoms with Gasteiger partial charge in [0.15, 0.2) is 5.11 Å². The molecule has 0 aromatic carbocycles. The highest BCUT2D eigenvalue weighted by Crippen LogP contribution is 2.53. The van der Waals surface area contributed by atoms with E-state index in [1.165, 1.54) is 6.42 Å². The molecule has 1 aliphatic carbocycles. The van der Waals surface area contributed by atoms with E-state index in [1.54, 1.807) is 0 Å². The Morgan fingerprint density at radius 1 is 1.58 bits per heavy atom. The zero-order valence-electron chi connectivity index (χ0n) is 6.97. The monoisotopic (exact) mass is 184 g/mol.